The molecule has 0 amide bonds. The average molecular weight is 342 g/mol. The van der Waals surface area contributed by atoms with E-state index in [1.807, 2.05) is 47.3 Å². The van der Waals surface area contributed by atoms with Gasteiger partial charge < -0.3 is 5.32 Å². The molecule has 0 atom stereocenters. The van der Waals surface area contributed by atoms with E-state index >= 15 is 0 Å². The summed E-state index contributed by atoms with van der Waals surface area (Å²) in [6.07, 6.45) is 1.99. The van der Waals surface area contributed by atoms with Crippen molar-refractivity contribution in [1.29, 1.82) is 0 Å². The molecule has 4 heteroatoms. The van der Waals surface area contributed by atoms with Crippen LogP contribution in [0.15, 0.2) is 65.3 Å². The minimum atomic E-state index is 0.709. The molecule has 0 saturated carbocycles. The van der Waals surface area contributed by atoms with Gasteiger partial charge in [0, 0.05) is 16.4 Å². The number of halogens is 1. The second kappa shape index (κ2) is 6.14. The lowest BCUT2D eigenvalue weighted by molar-refractivity contribution is 0.844. The number of para-hydroxylation sites is 1. The van der Waals surface area contributed by atoms with Gasteiger partial charge >= 0.3 is 0 Å². The zero-order valence-electron chi connectivity index (χ0n) is 11.8. The molecule has 0 aliphatic rings. The van der Waals surface area contributed by atoms with Gasteiger partial charge in [-0.15, -0.1) is 0 Å². The zero-order valence-corrected chi connectivity index (χ0v) is 13.3. The third-order valence-electron chi connectivity index (χ3n) is 3.30. The molecule has 2 aromatic carbocycles. The molecule has 0 radical (unpaired) electrons. The fourth-order valence-electron chi connectivity index (χ4n) is 2.13. The van der Waals surface area contributed by atoms with Crippen LogP contribution >= 0.6 is 15.9 Å². The normalized spacial score (nSPS) is 10.6. The molecule has 3 rings (SSSR count). The summed E-state index contributed by atoms with van der Waals surface area (Å²) in [6.45, 7) is 2.79. The standard InChI is InChI=1S/C17H16BrN3/c1-13-11-14(7-8-17(13)18)19-12-15-9-10-21(20-15)16-5-3-2-4-6-16/h2-11,19H,12H2,1H3. The Balaban J connectivity index is 1.69. The van der Waals surface area contributed by atoms with Crippen molar-refractivity contribution >= 4 is 21.6 Å². The summed E-state index contributed by atoms with van der Waals surface area (Å²) in [5, 5.41) is 7.98. The van der Waals surface area contributed by atoms with Crippen molar-refractivity contribution in [2.75, 3.05) is 5.32 Å². The molecule has 1 N–H and O–H groups in total. The van der Waals surface area contributed by atoms with Crippen molar-refractivity contribution in [2.24, 2.45) is 0 Å². The van der Waals surface area contributed by atoms with Crippen LogP contribution in [0.25, 0.3) is 5.69 Å². The Kier molecular flexibility index (Phi) is 4.06. The summed E-state index contributed by atoms with van der Waals surface area (Å²) in [5.41, 5.74) is 4.41. The monoisotopic (exact) mass is 341 g/mol. The highest BCUT2D eigenvalue weighted by atomic mass is 79.9. The van der Waals surface area contributed by atoms with Gasteiger partial charge in [0.2, 0.25) is 0 Å². The Hall–Kier alpha value is -2.07. The topological polar surface area (TPSA) is 29.9 Å². The molecular formula is C17H16BrN3. The van der Waals surface area contributed by atoms with Crippen LogP contribution in [0, 0.1) is 6.92 Å². The van der Waals surface area contributed by atoms with E-state index < -0.39 is 0 Å². The minimum absolute atomic E-state index is 0.709. The van der Waals surface area contributed by atoms with E-state index in [0.717, 1.165) is 21.5 Å². The predicted octanol–water partition coefficient (Wildman–Crippen LogP) is 4.56. The summed E-state index contributed by atoms with van der Waals surface area (Å²) >= 11 is 3.51. The maximum absolute atomic E-state index is 4.58. The van der Waals surface area contributed by atoms with Crippen molar-refractivity contribution in [1.82, 2.24) is 9.78 Å². The quantitative estimate of drug-likeness (QED) is 0.754. The van der Waals surface area contributed by atoms with E-state index in [-0.39, 0.29) is 0 Å². The Bertz CT molecular complexity index is 735. The van der Waals surface area contributed by atoms with Crippen LogP contribution in [0.4, 0.5) is 5.69 Å². The fraction of sp³-hybridized carbons (Fsp3) is 0.118. The van der Waals surface area contributed by atoms with Gasteiger partial charge in [-0.2, -0.15) is 5.10 Å². The summed E-state index contributed by atoms with van der Waals surface area (Å²) in [6, 6.07) is 18.4. The first-order valence-electron chi connectivity index (χ1n) is 6.82. The van der Waals surface area contributed by atoms with Crippen molar-refractivity contribution in [2.45, 2.75) is 13.5 Å². The summed E-state index contributed by atoms with van der Waals surface area (Å²) < 4.78 is 3.02. The van der Waals surface area contributed by atoms with Crippen molar-refractivity contribution < 1.29 is 0 Å². The molecule has 3 aromatic rings. The number of nitrogens with one attached hydrogen (secondary N) is 1. The van der Waals surface area contributed by atoms with Crippen molar-refractivity contribution in [3.63, 3.8) is 0 Å². The molecule has 0 aliphatic heterocycles. The molecule has 0 saturated heterocycles. The van der Waals surface area contributed by atoms with Crippen LogP contribution in [0.2, 0.25) is 0 Å². The highest BCUT2D eigenvalue weighted by Crippen LogP contribution is 2.20. The summed E-state index contributed by atoms with van der Waals surface area (Å²) in [5.74, 6) is 0. The van der Waals surface area contributed by atoms with E-state index in [1.54, 1.807) is 0 Å². The van der Waals surface area contributed by atoms with Gasteiger partial charge in [0.15, 0.2) is 0 Å². The van der Waals surface area contributed by atoms with Gasteiger partial charge in [0.1, 0.15) is 0 Å². The molecule has 0 spiro atoms. The van der Waals surface area contributed by atoms with Crippen LogP contribution in [0.1, 0.15) is 11.3 Å². The van der Waals surface area contributed by atoms with E-state index in [0.29, 0.717) is 6.54 Å². The van der Waals surface area contributed by atoms with Gasteiger partial charge in [-0.05, 0) is 48.9 Å². The highest BCUT2D eigenvalue weighted by molar-refractivity contribution is 9.10. The lowest BCUT2D eigenvalue weighted by atomic mass is 10.2. The van der Waals surface area contributed by atoms with Gasteiger partial charge in [0.25, 0.3) is 0 Å². The second-order valence-corrected chi connectivity index (χ2v) is 5.76. The van der Waals surface area contributed by atoms with Crippen molar-refractivity contribution in [3.8, 4) is 5.69 Å². The van der Waals surface area contributed by atoms with Crippen LogP contribution in [0.3, 0.4) is 0 Å². The number of hydrogen-bond donors (Lipinski definition) is 1. The lowest BCUT2D eigenvalue weighted by Crippen LogP contribution is -2.02. The third kappa shape index (κ3) is 3.34. The molecule has 106 valence electrons. The van der Waals surface area contributed by atoms with E-state index in [4.69, 9.17) is 0 Å². The van der Waals surface area contributed by atoms with Crippen LogP contribution < -0.4 is 5.32 Å². The smallest absolute Gasteiger partial charge is 0.0819 e. The summed E-state index contributed by atoms with van der Waals surface area (Å²) in [4.78, 5) is 0. The van der Waals surface area contributed by atoms with Crippen LogP contribution in [0.5, 0.6) is 0 Å². The first-order chi connectivity index (χ1) is 10.2. The molecule has 0 unspecified atom stereocenters. The number of nitrogens with zero attached hydrogens (tertiary/aromatic N) is 2. The van der Waals surface area contributed by atoms with E-state index in [1.165, 1.54) is 5.56 Å². The number of hydrogen-bond acceptors (Lipinski definition) is 2. The Labute approximate surface area is 132 Å². The maximum Gasteiger partial charge on any atom is 0.0819 e. The molecule has 1 heterocycles. The van der Waals surface area contributed by atoms with Gasteiger partial charge in [-0.25, -0.2) is 4.68 Å². The van der Waals surface area contributed by atoms with Gasteiger partial charge in [-0.1, -0.05) is 34.1 Å². The molecular weight excluding hydrogens is 326 g/mol. The van der Waals surface area contributed by atoms with Crippen LogP contribution in [-0.4, -0.2) is 9.78 Å². The predicted molar refractivity (Wildman–Crippen MR) is 89.8 cm³/mol. The minimum Gasteiger partial charge on any atom is -0.379 e. The first kappa shape index (κ1) is 13.9. The Morgan fingerprint density at radius 2 is 1.90 bits per heavy atom. The van der Waals surface area contributed by atoms with Crippen LogP contribution in [-0.2, 0) is 6.54 Å². The number of aryl methyl sites for hydroxylation is 1. The SMILES string of the molecule is Cc1cc(NCc2ccn(-c3ccccc3)n2)ccc1Br. The van der Waals surface area contributed by atoms with E-state index in [9.17, 15) is 0 Å². The average Bonchev–Trinajstić information content (AvgIpc) is 2.98. The number of rotatable bonds is 4. The second-order valence-electron chi connectivity index (χ2n) is 4.90. The van der Waals surface area contributed by atoms with E-state index in [2.05, 4.69) is 51.5 Å². The molecule has 0 fully saturated rings. The lowest BCUT2D eigenvalue weighted by Gasteiger charge is -2.06. The fourth-order valence-corrected chi connectivity index (χ4v) is 2.37. The Morgan fingerprint density at radius 1 is 1.10 bits per heavy atom. The maximum atomic E-state index is 4.58. The molecule has 0 aliphatic carbocycles. The third-order valence-corrected chi connectivity index (χ3v) is 4.19. The summed E-state index contributed by atoms with van der Waals surface area (Å²) in [7, 11) is 0. The van der Waals surface area contributed by atoms with Gasteiger partial charge in [-0.3, -0.25) is 0 Å². The molecule has 3 nitrogen and oxygen atoms in total. The number of aromatic nitrogens is 2. The largest absolute Gasteiger partial charge is 0.379 e. The molecule has 21 heavy (non-hydrogen) atoms. The number of benzene rings is 2. The van der Waals surface area contributed by atoms with Gasteiger partial charge in [0.05, 0.1) is 17.9 Å². The Morgan fingerprint density at radius 3 is 2.67 bits per heavy atom. The number of anilines is 1. The zero-order chi connectivity index (χ0) is 14.7. The molecule has 1 aromatic heterocycles. The van der Waals surface area contributed by atoms with Crippen molar-refractivity contribution in [3.05, 3.63) is 76.5 Å². The molecule has 0 bridgehead atoms. The first-order valence-corrected chi connectivity index (χ1v) is 7.62. The highest BCUT2D eigenvalue weighted by Gasteiger charge is 2.02.